The lowest BCUT2D eigenvalue weighted by Crippen LogP contribution is -2.57. The van der Waals surface area contributed by atoms with E-state index in [9.17, 15) is 4.79 Å². The van der Waals surface area contributed by atoms with E-state index in [0.29, 0.717) is 5.92 Å². The van der Waals surface area contributed by atoms with Gasteiger partial charge in [0, 0.05) is 23.3 Å². The molecule has 0 radical (unpaired) electrons. The number of fused-ring (bicyclic) bond motifs is 4. The summed E-state index contributed by atoms with van der Waals surface area (Å²) in [6.07, 6.45) is 12.5. The molecule has 1 amide bonds. The van der Waals surface area contributed by atoms with Crippen LogP contribution < -0.4 is 10.6 Å². The van der Waals surface area contributed by atoms with Gasteiger partial charge in [-0.2, -0.15) is 0 Å². The predicted molar refractivity (Wildman–Crippen MR) is 130 cm³/mol. The number of benzene rings is 1. The molecule has 6 rings (SSSR count). The molecule has 162 valence electrons. The Bertz CT molecular complexity index is 987. The van der Waals surface area contributed by atoms with E-state index in [-0.39, 0.29) is 18.0 Å². The molecular weight excluding hydrogens is 474 g/mol. The Morgan fingerprint density at radius 2 is 1.90 bits per heavy atom. The van der Waals surface area contributed by atoms with Crippen molar-refractivity contribution in [2.24, 2.45) is 5.92 Å². The van der Waals surface area contributed by atoms with E-state index in [4.69, 9.17) is 11.6 Å². The lowest BCUT2D eigenvalue weighted by Gasteiger charge is -2.45. The normalized spacial score (nSPS) is 29.9. The first kappa shape index (κ1) is 21.0. The van der Waals surface area contributed by atoms with Gasteiger partial charge in [-0.05, 0) is 78.5 Å². The van der Waals surface area contributed by atoms with Crippen molar-refractivity contribution in [2.75, 3.05) is 19.6 Å². The highest BCUT2D eigenvalue weighted by molar-refractivity contribution is 9.11. The summed E-state index contributed by atoms with van der Waals surface area (Å²) >= 11 is 9.64. The number of nitrogens with zero attached hydrogens (tertiary/aromatic N) is 1. The number of hydrogen-bond acceptors (Lipinski definition) is 3. The SMILES string of the molecule is O=C(NC1CN2CCC1CC2)C1=C(/C=C/c2ccc(Cl)cc2)NC2CCC(Br)=CC=C12. The number of nitrogens with one attached hydrogen (secondary N) is 2. The third-order valence-electron chi connectivity index (χ3n) is 6.89. The Labute approximate surface area is 197 Å². The van der Waals surface area contributed by atoms with Crippen molar-refractivity contribution in [1.29, 1.82) is 0 Å². The van der Waals surface area contributed by atoms with Crippen molar-refractivity contribution in [3.05, 3.63) is 74.4 Å². The van der Waals surface area contributed by atoms with Crippen LogP contribution in [0, 0.1) is 5.92 Å². The van der Waals surface area contributed by atoms with Crippen molar-refractivity contribution in [1.82, 2.24) is 15.5 Å². The van der Waals surface area contributed by atoms with E-state index in [2.05, 4.69) is 43.6 Å². The van der Waals surface area contributed by atoms with E-state index in [1.54, 1.807) is 0 Å². The fourth-order valence-electron chi connectivity index (χ4n) is 5.15. The first-order chi connectivity index (χ1) is 15.1. The van der Waals surface area contributed by atoms with Crippen LogP contribution in [0.25, 0.3) is 6.08 Å². The molecule has 0 saturated carbocycles. The molecular formula is C25H27BrClN3O. The minimum atomic E-state index is 0.0437. The molecule has 4 aliphatic heterocycles. The summed E-state index contributed by atoms with van der Waals surface area (Å²) in [5, 5.41) is 7.72. The number of carbonyl (C=O) groups is 1. The van der Waals surface area contributed by atoms with Crippen molar-refractivity contribution in [3.63, 3.8) is 0 Å². The summed E-state index contributed by atoms with van der Waals surface area (Å²) in [4.78, 5) is 16.0. The van der Waals surface area contributed by atoms with Gasteiger partial charge in [-0.1, -0.05) is 57.9 Å². The van der Waals surface area contributed by atoms with Crippen LogP contribution >= 0.6 is 27.5 Å². The van der Waals surface area contributed by atoms with Gasteiger partial charge in [0.25, 0.3) is 5.91 Å². The average molecular weight is 501 g/mol. The van der Waals surface area contributed by atoms with Gasteiger partial charge in [0.05, 0.1) is 11.6 Å². The van der Waals surface area contributed by atoms with Crippen LogP contribution in [-0.2, 0) is 4.79 Å². The fourth-order valence-corrected chi connectivity index (χ4v) is 5.63. The molecule has 2 bridgehead atoms. The molecule has 2 N–H and O–H groups in total. The van der Waals surface area contributed by atoms with E-state index in [0.717, 1.165) is 46.8 Å². The van der Waals surface area contributed by atoms with E-state index in [1.165, 1.54) is 30.4 Å². The molecule has 0 spiro atoms. The van der Waals surface area contributed by atoms with Gasteiger partial charge < -0.3 is 15.5 Å². The van der Waals surface area contributed by atoms with Crippen molar-refractivity contribution >= 4 is 39.5 Å². The summed E-state index contributed by atoms with van der Waals surface area (Å²) in [6, 6.07) is 8.14. The van der Waals surface area contributed by atoms with Gasteiger partial charge in [-0.15, -0.1) is 0 Å². The second-order valence-electron chi connectivity index (χ2n) is 8.86. The molecule has 4 nitrogen and oxygen atoms in total. The Hall–Kier alpha value is -1.82. The number of piperidine rings is 3. The van der Waals surface area contributed by atoms with Crippen LogP contribution in [0.3, 0.4) is 0 Å². The third-order valence-corrected chi connectivity index (χ3v) is 7.80. The smallest absolute Gasteiger partial charge is 0.254 e. The van der Waals surface area contributed by atoms with Gasteiger partial charge in [0.15, 0.2) is 0 Å². The summed E-state index contributed by atoms with van der Waals surface area (Å²) in [5.41, 5.74) is 3.82. The molecule has 1 aromatic carbocycles. The molecule has 3 fully saturated rings. The minimum Gasteiger partial charge on any atom is -0.378 e. The zero-order valence-electron chi connectivity index (χ0n) is 17.4. The maximum Gasteiger partial charge on any atom is 0.254 e. The van der Waals surface area contributed by atoms with Crippen LogP contribution in [0.1, 0.15) is 31.2 Å². The number of rotatable bonds is 4. The topological polar surface area (TPSA) is 44.4 Å². The number of allylic oxidation sites excluding steroid dienone is 4. The molecule has 1 aromatic rings. The monoisotopic (exact) mass is 499 g/mol. The van der Waals surface area contributed by atoms with Gasteiger partial charge in [0.1, 0.15) is 0 Å². The lowest BCUT2D eigenvalue weighted by atomic mass is 9.83. The number of hydrogen-bond donors (Lipinski definition) is 2. The zero-order chi connectivity index (χ0) is 21.4. The highest BCUT2D eigenvalue weighted by atomic mass is 79.9. The molecule has 0 aromatic heterocycles. The largest absolute Gasteiger partial charge is 0.378 e. The molecule has 2 unspecified atom stereocenters. The van der Waals surface area contributed by atoms with Gasteiger partial charge in [-0.3, -0.25) is 4.79 Å². The first-order valence-electron chi connectivity index (χ1n) is 11.1. The Morgan fingerprint density at radius 1 is 1.13 bits per heavy atom. The maximum absolute atomic E-state index is 13.6. The molecule has 1 aliphatic carbocycles. The molecule has 4 heterocycles. The van der Waals surface area contributed by atoms with E-state index in [1.807, 2.05) is 36.4 Å². The van der Waals surface area contributed by atoms with Crippen LogP contribution in [0.4, 0.5) is 0 Å². The summed E-state index contributed by atoms with van der Waals surface area (Å²) in [5.74, 6) is 0.645. The zero-order valence-corrected chi connectivity index (χ0v) is 19.8. The van der Waals surface area contributed by atoms with Crippen molar-refractivity contribution < 1.29 is 4.79 Å². The molecule has 31 heavy (non-hydrogen) atoms. The third kappa shape index (κ3) is 4.55. The van der Waals surface area contributed by atoms with Crippen LogP contribution in [0.5, 0.6) is 0 Å². The molecule has 5 aliphatic rings. The summed E-state index contributed by atoms with van der Waals surface area (Å²) < 4.78 is 1.17. The van der Waals surface area contributed by atoms with Crippen LogP contribution in [-0.4, -0.2) is 42.5 Å². The van der Waals surface area contributed by atoms with Crippen molar-refractivity contribution in [3.8, 4) is 0 Å². The quantitative estimate of drug-likeness (QED) is 0.625. The van der Waals surface area contributed by atoms with Crippen LogP contribution in [0.15, 0.2) is 63.8 Å². The van der Waals surface area contributed by atoms with Crippen LogP contribution in [0.2, 0.25) is 5.02 Å². The fraction of sp³-hybridized carbons (Fsp3) is 0.400. The number of carbonyl (C=O) groups excluding carboxylic acids is 1. The highest BCUT2D eigenvalue weighted by Gasteiger charge is 2.38. The first-order valence-corrected chi connectivity index (χ1v) is 12.3. The Kier molecular flexibility index (Phi) is 6.09. The Morgan fingerprint density at radius 3 is 2.61 bits per heavy atom. The highest BCUT2D eigenvalue weighted by Crippen LogP contribution is 2.34. The minimum absolute atomic E-state index is 0.0437. The Balaban J connectivity index is 1.44. The van der Waals surface area contributed by atoms with Gasteiger partial charge in [-0.25, -0.2) is 0 Å². The summed E-state index contributed by atoms with van der Waals surface area (Å²) in [7, 11) is 0. The molecule has 2 atom stereocenters. The number of amides is 1. The number of halogens is 2. The van der Waals surface area contributed by atoms with E-state index >= 15 is 0 Å². The predicted octanol–water partition coefficient (Wildman–Crippen LogP) is 4.79. The second-order valence-corrected chi connectivity index (χ2v) is 10.3. The maximum atomic E-state index is 13.6. The summed E-state index contributed by atoms with van der Waals surface area (Å²) in [6.45, 7) is 3.31. The standard InChI is InChI=1S/C25H27BrClN3O/c26-18-4-8-20-21(10-5-18)28-22(9-3-16-1-6-19(27)7-2-16)24(20)25(31)29-23-15-30-13-11-17(23)12-14-30/h1-4,6-9,17,21,23,28H,5,10-15H2,(H,29,31)/b9-3+. The van der Waals surface area contributed by atoms with Gasteiger partial charge in [0.2, 0.25) is 0 Å². The van der Waals surface area contributed by atoms with E-state index < -0.39 is 0 Å². The molecule has 6 heteroatoms. The van der Waals surface area contributed by atoms with Crippen molar-refractivity contribution in [2.45, 2.75) is 37.8 Å². The average Bonchev–Trinajstić information content (AvgIpc) is 3.04. The lowest BCUT2D eigenvalue weighted by molar-refractivity contribution is -0.119. The molecule has 3 saturated heterocycles. The second kappa shape index (κ2) is 8.97. The van der Waals surface area contributed by atoms with Gasteiger partial charge >= 0.3 is 0 Å².